The molecule has 1 unspecified atom stereocenters. The number of nitrogens with one attached hydrogen (secondary N) is 1. The number of carbonyl (C=O) groups excluding carboxylic acids is 2. The third-order valence-corrected chi connectivity index (χ3v) is 8.90. The largest absolute Gasteiger partial charge is 0.478 e. The van der Waals surface area contributed by atoms with Crippen molar-refractivity contribution < 1.29 is 19.5 Å². The minimum Gasteiger partial charge on any atom is -0.478 e. The molecule has 1 amide bonds. The molecular weight excluding hydrogens is 560 g/mol. The number of nitrogens with two attached hydrogens (primary N) is 1. The molecule has 10 nitrogen and oxygen atoms in total. The highest BCUT2D eigenvalue weighted by atomic mass is 32.2. The molecule has 12 heteroatoms. The van der Waals surface area contributed by atoms with Crippen LogP contribution in [0.3, 0.4) is 0 Å². The van der Waals surface area contributed by atoms with Gasteiger partial charge in [0.1, 0.15) is 5.82 Å². The normalized spacial score (nSPS) is 18.1. The molecule has 1 aliphatic carbocycles. The maximum Gasteiger partial charge on any atom is 0.337 e. The summed E-state index contributed by atoms with van der Waals surface area (Å²) in [7, 11) is 0. The van der Waals surface area contributed by atoms with Gasteiger partial charge < -0.3 is 16.2 Å². The molecule has 0 radical (unpaired) electrons. The summed E-state index contributed by atoms with van der Waals surface area (Å²) in [5.74, 6) is -1.99. The van der Waals surface area contributed by atoms with E-state index in [0.717, 1.165) is 17.3 Å². The third kappa shape index (κ3) is 5.59. The lowest BCUT2D eigenvalue weighted by Gasteiger charge is -2.42. The number of para-hydroxylation sites is 1. The fourth-order valence-corrected chi connectivity index (χ4v) is 6.83. The molecule has 41 heavy (non-hydrogen) atoms. The van der Waals surface area contributed by atoms with E-state index in [4.69, 9.17) is 5.73 Å². The minimum atomic E-state index is -1.14. The van der Waals surface area contributed by atoms with Crippen molar-refractivity contribution in [2.24, 2.45) is 11.1 Å². The van der Waals surface area contributed by atoms with Crippen molar-refractivity contribution in [1.29, 1.82) is 5.26 Å². The number of rotatable bonds is 7. The number of Topliss-reactive ketones (excluding diaryl/α,β-unsaturated/α-hetero) is 1. The first-order valence-corrected chi connectivity index (χ1v) is 14.5. The van der Waals surface area contributed by atoms with Crippen LogP contribution in [0.15, 0.2) is 81.6 Å². The van der Waals surface area contributed by atoms with Crippen LogP contribution in [0.1, 0.15) is 48.5 Å². The fraction of sp³-hybridized carbons (Fsp3) is 0.241. The Morgan fingerprint density at radius 1 is 1.17 bits per heavy atom. The minimum absolute atomic E-state index is 0.00690. The number of hydrogen-bond acceptors (Lipinski definition) is 10. The van der Waals surface area contributed by atoms with Gasteiger partial charge in [-0.3, -0.25) is 14.5 Å². The van der Waals surface area contributed by atoms with E-state index in [1.165, 1.54) is 23.5 Å². The Kier molecular flexibility index (Phi) is 7.66. The molecule has 0 spiro atoms. The molecule has 2 aromatic carbocycles. The highest BCUT2D eigenvalue weighted by molar-refractivity contribution is 8.01. The second-order valence-electron chi connectivity index (χ2n) is 10.4. The van der Waals surface area contributed by atoms with Crippen LogP contribution in [-0.4, -0.2) is 38.7 Å². The first-order valence-electron chi connectivity index (χ1n) is 12.7. The van der Waals surface area contributed by atoms with Gasteiger partial charge in [-0.1, -0.05) is 79.4 Å². The summed E-state index contributed by atoms with van der Waals surface area (Å²) in [6, 6.07) is 17.8. The molecule has 0 saturated heterocycles. The van der Waals surface area contributed by atoms with E-state index < -0.39 is 17.8 Å². The predicted octanol–water partition coefficient (Wildman–Crippen LogP) is 4.91. The Morgan fingerprint density at radius 3 is 2.59 bits per heavy atom. The van der Waals surface area contributed by atoms with Crippen LogP contribution in [0.2, 0.25) is 0 Å². The monoisotopic (exact) mass is 586 g/mol. The lowest BCUT2D eigenvalue weighted by Crippen LogP contribution is -2.42. The number of benzene rings is 2. The Labute approximate surface area is 244 Å². The Morgan fingerprint density at radius 2 is 1.88 bits per heavy atom. The Bertz CT molecular complexity index is 1650. The van der Waals surface area contributed by atoms with E-state index >= 15 is 0 Å². The van der Waals surface area contributed by atoms with Gasteiger partial charge >= 0.3 is 5.97 Å². The standard InChI is InChI=1S/C29H26N6O4S2/c1-29(2)12-20-24(21(36)13-29)23(16-8-4-3-5-9-16)18(14-30)25(31)35(20)27-33-34-28(41-27)40-15-22(37)32-19-11-7-6-10-17(19)26(38)39/h3-11,23H,12-13,15,31H2,1-2H3,(H,32,37)(H,38,39). The summed E-state index contributed by atoms with van der Waals surface area (Å²) < 4.78 is 0.474. The number of carbonyl (C=O) groups is 3. The van der Waals surface area contributed by atoms with E-state index in [2.05, 4.69) is 21.6 Å². The predicted molar refractivity (Wildman–Crippen MR) is 156 cm³/mol. The second kappa shape index (κ2) is 11.2. The molecule has 2 aliphatic rings. The maximum atomic E-state index is 13.6. The van der Waals surface area contributed by atoms with Crippen molar-refractivity contribution in [3.8, 4) is 6.07 Å². The van der Waals surface area contributed by atoms with Gasteiger partial charge in [0.2, 0.25) is 11.0 Å². The molecule has 1 aliphatic heterocycles. The van der Waals surface area contributed by atoms with Crippen molar-refractivity contribution in [3.63, 3.8) is 0 Å². The van der Waals surface area contributed by atoms with E-state index in [0.29, 0.717) is 33.6 Å². The van der Waals surface area contributed by atoms with Gasteiger partial charge in [-0.05, 0) is 29.5 Å². The zero-order valence-electron chi connectivity index (χ0n) is 22.2. The number of anilines is 2. The number of nitriles is 1. The zero-order valence-corrected chi connectivity index (χ0v) is 23.9. The van der Waals surface area contributed by atoms with Crippen LogP contribution in [0.5, 0.6) is 0 Å². The van der Waals surface area contributed by atoms with E-state index in [1.807, 2.05) is 44.2 Å². The number of carboxylic acids is 1. The number of aromatic nitrogens is 2. The molecule has 0 fully saturated rings. The zero-order chi connectivity index (χ0) is 29.3. The van der Waals surface area contributed by atoms with E-state index in [1.54, 1.807) is 17.0 Å². The average molecular weight is 587 g/mol. The fourth-order valence-electron chi connectivity index (χ4n) is 5.15. The molecule has 5 rings (SSSR count). The highest BCUT2D eigenvalue weighted by Gasteiger charge is 2.45. The van der Waals surface area contributed by atoms with Crippen LogP contribution in [0.4, 0.5) is 10.8 Å². The lowest BCUT2D eigenvalue weighted by molar-refractivity contribution is -0.118. The van der Waals surface area contributed by atoms with Crippen molar-refractivity contribution >= 4 is 51.6 Å². The number of amides is 1. The molecule has 4 N–H and O–H groups in total. The van der Waals surface area contributed by atoms with Crippen LogP contribution < -0.4 is 16.0 Å². The van der Waals surface area contributed by atoms with Gasteiger partial charge in [0.15, 0.2) is 10.1 Å². The average Bonchev–Trinajstić information content (AvgIpc) is 3.39. The summed E-state index contributed by atoms with van der Waals surface area (Å²) >= 11 is 2.33. The summed E-state index contributed by atoms with van der Waals surface area (Å²) in [5, 5.41) is 31.1. The SMILES string of the molecule is CC1(C)CC(=O)C2=C(C1)N(c1nnc(SCC(=O)Nc3ccccc3C(=O)O)s1)C(N)=C(C#N)C2c1ccccc1. The summed E-state index contributed by atoms with van der Waals surface area (Å²) in [6.07, 6.45) is 0.892. The molecule has 2 heterocycles. The summed E-state index contributed by atoms with van der Waals surface area (Å²) in [4.78, 5) is 39.3. The molecule has 0 saturated carbocycles. The van der Waals surface area contributed by atoms with Gasteiger partial charge in [-0.15, -0.1) is 10.2 Å². The second-order valence-corrected chi connectivity index (χ2v) is 12.6. The Hall–Kier alpha value is -4.47. The molecule has 1 atom stereocenters. The quantitative estimate of drug-likeness (QED) is 0.324. The highest BCUT2D eigenvalue weighted by Crippen LogP contribution is 2.50. The topological polar surface area (TPSA) is 162 Å². The van der Waals surface area contributed by atoms with Crippen LogP contribution in [0.25, 0.3) is 0 Å². The maximum absolute atomic E-state index is 13.6. The van der Waals surface area contributed by atoms with Crippen LogP contribution in [0, 0.1) is 16.7 Å². The molecular formula is C29H26N6O4S2. The van der Waals surface area contributed by atoms with Crippen molar-refractivity contribution in [1.82, 2.24) is 10.2 Å². The van der Waals surface area contributed by atoms with Gasteiger partial charge in [0.25, 0.3) is 0 Å². The van der Waals surface area contributed by atoms with Gasteiger partial charge in [-0.2, -0.15) is 5.26 Å². The number of hydrogen-bond donors (Lipinski definition) is 3. The van der Waals surface area contributed by atoms with E-state index in [-0.39, 0.29) is 39.6 Å². The molecule has 208 valence electrons. The number of aromatic carboxylic acids is 1. The van der Waals surface area contributed by atoms with Crippen molar-refractivity contribution in [3.05, 3.63) is 88.4 Å². The Balaban J connectivity index is 1.44. The number of ketones is 1. The third-order valence-electron chi connectivity index (χ3n) is 6.86. The lowest BCUT2D eigenvalue weighted by atomic mass is 9.69. The molecule has 1 aromatic heterocycles. The molecule has 3 aromatic rings. The van der Waals surface area contributed by atoms with Gasteiger partial charge in [-0.25, -0.2) is 4.79 Å². The smallest absolute Gasteiger partial charge is 0.337 e. The van der Waals surface area contributed by atoms with Crippen LogP contribution in [-0.2, 0) is 9.59 Å². The number of carboxylic acid groups (broad SMARTS) is 1. The van der Waals surface area contributed by atoms with Crippen LogP contribution >= 0.6 is 23.1 Å². The number of allylic oxidation sites excluding steroid dienone is 3. The van der Waals surface area contributed by atoms with Gasteiger partial charge in [0.05, 0.1) is 34.6 Å². The van der Waals surface area contributed by atoms with Crippen molar-refractivity contribution in [2.45, 2.75) is 36.9 Å². The van der Waals surface area contributed by atoms with Gasteiger partial charge in [0, 0.05) is 17.7 Å². The molecule has 0 bridgehead atoms. The first kappa shape index (κ1) is 28.1. The van der Waals surface area contributed by atoms with E-state index in [9.17, 15) is 24.8 Å². The number of thioether (sulfide) groups is 1. The number of nitrogens with zero attached hydrogens (tertiary/aromatic N) is 4. The summed E-state index contributed by atoms with van der Waals surface area (Å²) in [6.45, 7) is 4.04. The first-order chi connectivity index (χ1) is 19.6. The van der Waals surface area contributed by atoms with Crippen molar-refractivity contribution in [2.75, 3.05) is 16.0 Å². The summed E-state index contributed by atoms with van der Waals surface area (Å²) in [5.41, 5.74) is 8.85.